The van der Waals surface area contributed by atoms with Crippen molar-refractivity contribution in [1.82, 2.24) is 5.32 Å². The van der Waals surface area contributed by atoms with Crippen molar-refractivity contribution >= 4 is 23.6 Å². The second-order valence-electron chi connectivity index (χ2n) is 4.42. The van der Waals surface area contributed by atoms with Gasteiger partial charge in [0, 0.05) is 5.56 Å². The van der Waals surface area contributed by atoms with Crippen LogP contribution in [0, 0.1) is 0 Å². The van der Waals surface area contributed by atoms with Crippen LogP contribution < -0.4 is 14.8 Å². The van der Waals surface area contributed by atoms with Gasteiger partial charge in [-0.2, -0.15) is 11.8 Å². The maximum Gasteiger partial charge on any atom is 0.326 e. The Morgan fingerprint density at radius 2 is 1.95 bits per heavy atom. The number of carboxylic acids is 1. The Balaban J connectivity index is 2.79. The summed E-state index contributed by atoms with van der Waals surface area (Å²) in [5.41, 5.74) is 0.326. The summed E-state index contributed by atoms with van der Waals surface area (Å²) in [5, 5.41) is 11.7. The maximum absolute atomic E-state index is 12.2. The molecule has 0 bridgehead atoms. The van der Waals surface area contributed by atoms with Gasteiger partial charge in [-0.05, 0) is 36.1 Å². The number of rotatable bonds is 9. The number of thioether (sulfide) groups is 1. The van der Waals surface area contributed by atoms with Crippen LogP contribution in [0.4, 0.5) is 0 Å². The van der Waals surface area contributed by atoms with E-state index in [0.29, 0.717) is 29.2 Å². The molecule has 122 valence electrons. The summed E-state index contributed by atoms with van der Waals surface area (Å²) in [6.45, 7) is 2.00. The molecule has 1 atom stereocenters. The van der Waals surface area contributed by atoms with E-state index < -0.39 is 17.9 Å². The minimum Gasteiger partial charge on any atom is -0.493 e. The molecule has 22 heavy (non-hydrogen) atoms. The molecule has 0 heterocycles. The number of nitrogens with one attached hydrogen (secondary N) is 1. The first kappa shape index (κ1) is 18.2. The van der Waals surface area contributed by atoms with Gasteiger partial charge >= 0.3 is 5.97 Å². The average Bonchev–Trinajstić information content (AvgIpc) is 2.52. The Kier molecular flexibility index (Phi) is 7.59. The summed E-state index contributed by atoms with van der Waals surface area (Å²) < 4.78 is 10.2. The lowest BCUT2D eigenvalue weighted by atomic mass is 10.1. The molecule has 1 rings (SSSR count). The number of hydrogen-bond acceptors (Lipinski definition) is 5. The molecule has 0 aliphatic rings. The molecule has 0 aliphatic carbocycles. The molecule has 0 fully saturated rings. The van der Waals surface area contributed by atoms with Crippen LogP contribution in [-0.2, 0) is 4.79 Å². The number of amides is 1. The molecule has 0 saturated carbocycles. The van der Waals surface area contributed by atoms with E-state index in [0.717, 1.165) is 5.75 Å². The van der Waals surface area contributed by atoms with Crippen molar-refractivity contribution in [2.45, 2.75) is 19.4 Å². The van der Waals surface area contributed by atoms with Crippen LogP contribution in [0.2, 0.25) is 0 Å². The fraction of sp³-hybridized carbons (Fsp3) is 0.467. The first-order valence-electron chi connectivity index (χ1n) is 6.86. The molecule has 6 nitrogen and oxygen atoms in total. The summed E-state index contributed by atoms with van der Waals surface area (Å²) >= 11 is 1.64. The average molecular weight is 327 g/mol. The number of hydrogen-bond donors (Lipinski definition) is 2. The van der Waals surface area contributed by atoms with Crippen LogP contribution in [0.15, 0.2) is 18.2 Å². The normalized spacial score (nSPS) is 11.6. The molecule has 7 heteroatoms. The standard InChI is InChI=1S/C15H21NO5S/c1-4-22-8-7-11(15(18)19)16-14(17)10-5-6-12(20-2)13(9-10)21-3/h5-6,9,11H,4,7-8H2,1-3H3,(H,16,17)(H,18,19). The van der Waals surface area contributed by atoms with E-state index in [1.165, 1.54) is 20.3 Å². The predicted octanol–water partition coefficient (Wildman–Crippen LogP) is 2.03. The number of aliphatic carboxylic acids is 1. The SMILES string of the molecule is CCSCCC(NC(=O)c1ccc(OC)c(OC)c1)C(=O)O. The quantitative estimate of drug-likeness (QED) is 0.675. The number of carboxylic acid groups (broad SMARTS) is 1. The van der Waals surface area contributed by atoms with Crippen molar-refractivity contribution in [3.8, 4) is 11.5 Å². The minimum atomic E-state index is -1.04. The van der Waals surface area contributed by atoms with Crippen LogP contribution in [0.1, 0.15) is 23.7 Å². The molecule has 0 saturated heterocycles. The summed E-state index contributed by atoms with van der Waals surface area (Å²) in [6, 6.07) is 3.79. The van der Waals surface area contributed by atoms with Crippen LogP contribution in [-0.4, -0.2) is 48.8 Å². The first-order valence-corrected chi connectivity index (χ1v) is 8.02. The molecule has 1 aromatic carbocycles. The van der Waals surface area contributed by atoms with E-state index in [2.05, 4.69) is 5.32 Å². The van der Waals surface area contributed by atoms with Gasteiger partial charge in [0.25, 0.3) is 5.91 Å². The van der Waals surface area contributed by atoms with E-state index >= 15 is 0 Å². The van der Waals surface area contributed by atoms with E-state index in [-0.39, 0.29) is 0 Å². The zero-order chi connectivity index (χ0) is 16.5. The Morgan fingerprint density at radius 1 is 1.27 bits per heavy atom. The van der Waals surface area contributed by atoms with Gasteiger partial charge in [0.05, 0.1) is 14.2 Å². The summed E-state index contributed by atoms with van der Waals surface area (Å²) in [4.78, 5) is 23.4. The second kappa shape index (κ2) is 9.19. The van der Waals surface area contributed by atoms with Crippen molar-refractivity contribution in [2.75, 3.05) is 25.7 Å². The van der Waals surface area contributed by atoms with Gasteiger partial charge in [-0.15, -0.1) is 0 Å². The van der Waals surface area contributed by atoms with Gasteiger partial charge in [-0.3, -0.25) is 4.79 Å². The zero-order valence-electron chi connectivity index (χ0n) is 12.9. The highest BCUT2D eigenvalue weighted by Crippen LogP contribution is 2.27. The van der Waals surface area contributed by atoms with E-state index in [1.807, 2.05) is 6.92 Å². The van der Waals surface area contributed by atoms with Crippen molar-refractivity contribution in [3.05, 3.63) is 23.8 Å². The predicted molar refractivity (Wildman–Crippen MR) is 86.1 cm³/mol. The Hall–Kier alpha value is -1.89. The van der Waals surface area contributed by atoms with Gasteiger partial charge in [-0.25, -0.2) is 4.79 Å². The summed E-state index contributed by atoms with van der Waals surface area (Å²) in [7, 11) is 2.98. The van der Waals surface area contributed by atoms with Crippen molar-refractivity contribution in [2.24, 2.45) is 0 Å². The maximum atomic E-state index is 12.2. The van der Waals surface area contributed by atoms with Crippen molar-refractivity contribution in [1.29, 1.82) is 0 Å². The van der Waals surface area contributed by atoms with Crippen LogP contribution in [0.5, 0.6) is 11.5 Å². The van der Waals surface area contributed by atoms with Gasteiger partial charge < -0.3 is 19.9 Å². The highest BCUT2D eigenvalue weighted by molar-refractivity contribution is 7.99. The third-order valence-corrected chi connectivity index (χ3v) is 3.94. The Bertz CT molecular complexity index is 521. The molecule has 2 N–H and O–H groups in total. The zero-order valence-corrected chi connectivity index (χ0v) is 13.7. The fourth-order valence-electron chi connectivity index (χ4n) is 1.82. The monoisotopic (exact) mass is 327 g/mol. The lowest BCUT2D eigenvalue weighted by Crippen LogP contribution is -2.41. The molecule has 1 aromatic rings. The molecule has 0 radical (unpaired) electrons. The number of benzene rings is 1. The van der Waals surface area contributed by atoms with Crippen LogP contribution in [0.25, 0.3) is 0 Å². The van der Waals surface area contributed by atoms with Gasteiger partial charge in [0.15, 0.2) is 11.5 Å². The van der Waals surface area contributed by atoms with Crippen molar-refractivity contribution < 1.29 is 24.2 Å². The molecular weight excluding hydrogens is 306 g/mol. The smallest absolute Gasteiger partial charge is 0.326 e. The lowest BCUT2D eigenvalue weighted by Gasteiger charge is -2.15. The molecule has 1 unspecified atom stereocenters. The van der Waals surface area contributed by atoms with Gasteiger partial charge in [0.1, 0.15) is 6.04 Å². The lowest BCUT2D eigenvalue weighted by molar-refractivity contribution is -0.139. The molecule has 1 amide bonds. The molecule has 0 aliphatic heterocycles. The topological polar surface area (TPSA) is 84.9 Å². The van der Waals surface area contributed by atoms with Crippen LogP contribution in [0.3, 0.4) is 0 Å². The highest BCUT2D eigenvalue weighted by atomic mass is 32.2. The molecular formula is C15H21NO5S. The van der Waals surface area contributed by atoms with E-state index in [1.54, 1.807) is 23.9 Å². The second-order valence-corrected chi connectivity index (χ2v) is 5.81. The Labute approximate surface area is 134 Å². The fourth-order valence-corrected chi connectivity index (χ4v) is 2.51. The highest BCUT2D eigenvalue weighted by Gasteiger charge is 2.21. The van der Waals surface area contributed by atoms with Crippen LogP contribution >= 0.6 is 11.8 Å². The summed E-state index contributed by atoms with van der Waals surface area (Å²) in [5.74, 6) is 1.03. The third-order valence-electron chi connectivity index (χ3n) is 3.00. The first-order chi connectivity index (χ1) is 10.5. The Morgan fingerprint density at radius 3 is 2.50 bits per heavy atom. The minimum absolute atomic E-state index is 0.326. The molecule has 0 spiro atoms. The summed E-state index contributed by atoms with van der Waals surface area (Å²) in [6.07, 6.45) is 0.382. The van der Waals surface area contributed by atoms with Gasteiger partial charge in [0.2, 0.25) is 0 Å². The number of carbonyl (C=O) groups is 2. The third kappa shape index (κ3) is 5.14. The largest absolute Gasteiger partial charge is 0.493 e. The number of carbonyl (C=O) groups excluding carboxylic acids is 1. The van der Waals surface area contributed by atoms with E-state index in [4.69, 9.17) is 9.47 Å². The number of methoxy groups -OCH3 is 2. The van der Waals surface area contributed by atoms with Crippen molar-refractivity contribution in [3.63, 3.8) is 0 Å². The van der Waals surface area contributed by atoms with Gasteiger partial charge in [-0.1, -0.05) is 6.92 Å². The molecule has 0 aromatic heterocycles. The van der Waals surface area contributed by atoms with E-state index in [9.17, 15) is 14.7 Å². The number of ether oxygens (including phenoxy) is 2.